The highest BCUT2D eigenvalue weighted by molar-refractivity contribution is 14.1. The topological polar surface area (TPSA) is 62.3 Å². The molecule has 6 heteroatoms. The Kier molecular flexibility index (Phi) is 4.18. The maximum absolute atomic E-state index is 6.03. The molecule has 0 bridgehead atoms. The fourth-order valence-corrected chi connectivity index (χ4v) is 2.23. The molecule has 0 aliphatic rings. The van der Waals surface area contributed by atoms with Crippen molar-refractivity contribution in [3.63, 3.8) is 0 Å². The molecule has 5 nitrogen and oxygen atoms in total. The molecule has 0 saturated heterocycles. The number of benzene rings is 1. The molecule has 0 amide bonds. The van der Waals surface area contributed by atoms with E-state index in [-0.39, 0.29) is 0 Å². The van der Waals surface area contributed by atoms with Crippen LogP contribution in [0.3, 0.4) is 0 Å². The predicted molar refractivity (Wildman–Crippen MR) is 82.7 cm³/mol. The van der Waals surface area contributed by atoms with Gasteiger partial charge in [0, 0.05) is 11.6 Å². The predicted octanol–water partition coefficient (Wildman–Crippen LogP) is 2.44. The molecule has 1 aromatic heterocycles. The van der Waals surface area contributed by atoms with Crippen molar-refractivity contribution in [3.8, 4) is 11.5 Å². The summed E-state index contributed by atoms with van der Waals surface area (Å²) in [6.07, 6.45) is 0. The third kappa shape index (κ3) is 2.78. The summed E-state index contributed by atoms with van der Waals surface area (Å²) in [7, 11) is 3.27. The Balaban J connectivity index is 2.35. The SMILES string of the molecule is COc1ccc(Cn2nc(C)c(I)c2N)c(OC)c1. The van der Waals surface area contributed by atoms with Gasteiger partial charge in [0.15, 0.2) is 0 Å². The van der Waals surface area contributed by atoms with Crippen LogP contribution in [-0.2, 0) is 6.54 Å². The largest absolute Gasteiger partial charge is 0.497 e. The van der Waals surface area contributed by atoms with Crippen LogP contribution in [0.25, 0.3) is 0 Å². The summed E-state index contributed by atoms with van der Waals surface area (Å²) < 4.78 is 13.3. The van der Waals surface area contributed by atoms with E-state index in [2.05, 4.69) is 27.7 Å². The van der Waals surface area contributed by atoms with Crippen LogP contribution in [0.2, 0.25) is 0 Å². The van der Waals surface area contributed by atoms with Crippen molar-refractivity contribution in [2.45, 2.75) is 13.5 Å². The van der Waals surface area contributed by atoms with Gasteiger partial charge in [-0.05, 0) is 41.6 Å². The van der Waals surface area contributed by atoms with Gasteiger partial charge in [-0.25, -0.2) is 4.68 Å². The van der Waals surface area contributed by atoms with E-state index in [1.165, 1.54) is 0 Å². The van der Waals surface area contributed by atoms with Gasteiger partial charge in [0.1, 0.15) is 17.3 Å². The molecule has 0 aliphatic heterocycles. The first-order valence-corrected chi connectivity index (χ1v) is 6.84. The van der Waals surface area contributed by atoms with Gasteiger partial charge in [-0.15, -0.1) is 0 Å². The molecule has 0 spiro atoms. The summed E-state index contributed by atoms with van der Waals surface area (Å²) in [6, 6.07) is 5.71. The van der Waals surface area contributed by atoms with Crippen LogP contribution in [0.1, 0.15) is 11.3 Å². The maximum atomic E-state index is 6.03. The standard InChI is InChI=1S/C13H16IN3O2/c1-8-12(14)13(15)17(16-8)7-9-4-5-10(18-2)6-11(9)19-3/h4-6H,7,15H2,1-3H3. The minimum absolute atomic E-state index is 0.572. The van der Waals surface area contributed by atoms with Gasteiger partial charge in [0.2, 0.25) is 0 Å². The number of halogens is 1. The van der Waals surface area contributed by atoms with Gasteiger partial charge in [0.25, 0.3) is 0 Å². The van der Waals surface area contributed by atoms with Crippen molar-refractivity contribution in [1.82, 2.24) is 9.78 Å². The summed E-state index contributed by atoms with van der Waals surface area (Å²) >= 11 is 2.20. The second-order valence-corrected chi connectivity index (χ2v) is 5.20. The minimum Gasteiger partial charge on any atom is -0.497 e. The molecule has 0 fully saturated rings. The Morgan fingerprint density at radius 2 is 2.05 bits per heavy atom. The number of aryl methyl sites for hydroxylation is 1. The lowest BCUT2D eigenvalue weighted by Gasteiger charge is -2.11. The fourth-order valence-electron chi connectivity index (χ4n) is 1.84. The van der Waals surface area contributed by atoms with E-state index in [4.69, 9.17) is 15.2 Å². The lowest BCUT2D eigenvalue weighted by molar-refractivity contribution is 0.389. The van der Waals surface area contributed by atoms with Gasteiger partial charge >= 0.3 is 0 Å². The summed E-state index contributed by atoms with van der Waals surface area (Å²) in [4.78, 5) is 0. The first-order valence-electron chi connectivity index (χ1n) is 5.76. The average Bonchev–Trinajstić information content (AvgIpc) is 2.67. The van der Waals surface area contributed by atoms with Crippen LogP contribution >= 0.6 is 22.6 Å². The molecule has 0 radical (unpaired) electrons. The van der Waals surface area contributed by atoms with Crippen molar-refractivity contribution in [3.05, 3.63) is 33.0 Å². The molecule has 0 aliphatic carbocycles. The van der Waals surface area contributed by atoms with Crippen LogP contribution in [-0.4, -0.2) is 24.0 Å². The normalized spacial score (nSPS) is 10.5. The number of nitrogens with two attached hydrogens (primary N) is 1. The number of nitrogens with zero attached hydrogens (tertiary/aromatic N) is 2. The van der Waals surface area contributed by atoms with Crippen LogP contribution in [0, 0.1) is 10.5 Å². The number of hydrogen-bond donors (Lipinski definition) is 1. The van der Waals surface area contributed by atoms with Gasteiger partial charge in [-0.1, -0.05) is 0 Å². The van der Waals surface area contributed by atoms with Crippen molar-refractivity contribution in [1.29, 1.82) is 0 Å². The number of ether oxygens (including phenoxy) is 2. The maximum Gasteiger partial charge on any atom is 0.135 e. The third-order valence-electron chi connectivity index (χ3n) is 2.91. The van der Waals surface area contributed by atoms with Gasteiger partial charge < -0.3 is 15.2 Å². The van der Waals surface area contributed by atoms with Crippen LogP contribution in [0.15, 0.2) is 18.2 Å². The number of anilines is 1. The van der Waals surface area contributed by atoms with Crippen LogP contribution < -0.4 is 15.2 Å². The van der Waals surface area contributed by atoms with Gasteiger partial charge in [-0.2, -0.15) is 5.10 Å². The minimum atomic E-state index is 0.572. The molecule has 102 valence electrons. The number of rotatable bonds is 4. The number of nitrogen functional groups attached to an aromatic ring is 1. The van der Waals surface area contributed by atoms with Crippen molar-refractivity contribution in [2.24, 2.45) is 0 Å². The Morgan fingerprint density at radius 1 is 1.32 bits per heavy atom. The van der Waals surface area contributed by atoms with E-state index in [1.54, 1.807) is 18.9 Å². The molecular formula is C13H16IN3O2. The second kappa shape index (κ2) is 5.68. The average molecular weight is 373 g/mol. The van der Waals surface area contributed by atoms with Crippen molar-refractivity contribution >= 4 is 28.4 Å². The number of methoxy groups -OCH3 is 2. The van der Waals surface area contributed by atoms with E-state index >= 15 is 0 Å². The zero-order valence-corrected chi connectivity index (χ0v) is 13.3. The highest BCUT2D eigenvalue weighted by atomic mass is 127. The summed E-state index contributed by atoms with van der Waals surface area (Å²) in [5.74, 6) is 2.21. The second-order valence-electron chi connectivity index (χ2n) is 4.12. The Labute approximate surface area is 125 Å². The van der Waals surface area contributed by atoms with Gasteiger partial charge in [0.05, 0.1) is 30.0 Å². The highest BCUT2D eigenvalue weighted by Crippen LogP contribution is 2.27. The van der Waals surface area contributed by atoms with Crippen LogP contribution in [0.5, 0.6) is 11.5 Å². The summed E-state index contributed by atoms with van der Waals surface area (Å²) in [5.41, 5.74) is 7.97. The fraction of sp³-hybridized carbons (Fsp3) is 0.308. The highest BCUT2D eigenvalue weighted by Gasteiger charge is 2.12. The molecule has 1 heterocycles. The van der Waals surface area contributed by atoms with E-state index < -0.39 is 0 Å². The van der Waals surface area contributed by atoms with E-state index in [1.807, 2.05) is 25.1 Å². The van der Waals surface area contributed by atoms with E-state index in [0.29, 0.717) is 12.4 Å². The molecule has 2 aromatic rings. The number of aromatic nitrogens is 2. The van der Waals surface area contributed by atoms with E-state index in [9.17, 15) is 0 Å². The first kappa shape index (κ1) is 14.0. The van der Waals surface area contributed by atoms with Crippen LogP contribution in [0.4, 0.5) is 5.82 Å². The van der Waals surface area contributed by atoms with Crippen molar-refractivity contribution in [2.75, 3.05) is 20.0 Å². The number of hydrogen-bond acceptors (Lipinski definition) is 4. The Hall–Kier alpha value is -1.44. The lowest BCUT2D eigenvalue weighted by atomic mass is 10.2. The quantitative estimate of drug-likeness (QED) is 0.837. The molecule has 0 atom stereocenters. The Morgan fingerprint density at radius 3 is 2.58 bits per heavy atom. The molecular weight excluding hydrogens is 357 g/mol. The molecule has 0 unspecified atom stereocenters. The monoisotopic (exact) mass is 373 g/mol. The zero-order valence-electron chi connectivity index (χ0n) is 11.1. The molecule has 2 N–H and O–H groups in total. The van der Waals surface area contributed by atoms with E-state index in [0.717, 1.165) is 26.3 Å². The lowest BCUT2D eigenvalue weighted by Crippen LogP contribution is -2.07. The van der Waals surface area contributed by atoms with Crippen molar-refractivity contribution < 1.29 is 9.47 Å². The first-order chi connectivity index (χ1) is 9.06. The molecule has 19 heavy (non-hydrogen) atoms. The zero-order chi connectivity index (χ0) is 14.0. The Bertz CT molecular complexity index is 596. The molecule has 2 rings (SSSR count). The summed E-state index contributed by atoms with van der Waals surface area (Å²) in [6.45, 7) is 2.52. The third-order valence-corrected chi connectivity index (χ3v) is 4.24. The van der Waals surface area contributed by atoms with Gasteiger partial charge in [-0.3, -0.25) is 0 Å². The smallest absolute Gasteiger partial charge is 0.135 e. The molecule has 1 aromatic carbocycles. The summed E-state index contributed by atoms with van der Waals surface area (Å²) in [5, 5.41) is 4.42. The molecule has 0 saturated carbocycles.